The summed E-state index contributed by atoms with van der Waals surface area (Å²) in [6.07, 6.45) is 2.06. The Balaban J connectivity index is 1.60. The van der Waals surface area contributed by atoms with E-state index in [2.05, 4.69) is 42.0 Å². The minimum absolute atomic E-state index is 0.0894. The molecule has 2 saturated heterocycles. The van der Waals surface area contributed by atoms with Gasteiger partial charge >= 0.3 is 0 Å². The van der Waals surface area contributed by atoms with Crippen molar-refractivity contribution >= 4 is 5.91 Å². The minimum atomic E-state index is 0.0894. The smallest absolute Gasteiger partial charge is 0.254 e. The van der Waals surface area contributed by atoms with Crippen LogP contribution >= 0.6 is 0 Å². The first-order valence-corrected chi connectivity index (χ1v) is 9.68. The molecule has 4 rings (SSSR count). The number of nitrogens with zero attached hydrogens (tertiary/aromatic N) is 1. The summed E-state index contributed by atoms with van der Waals surface area (Å²) in [6, 6.07) is 14.6. The predicted octanol–water partition coefficient (Wildman–Crippen LogP) is 3.17. The van der Waals surface area contributed by atoms with E-state index in [1.807, 2.05) is 23.1 Å². The first kappa shape index (κ1) is 18.0. The summed E-state index contributed by atoms with van der Waals surface area (Å²) in [5.41, 5.74) is 10.6. The fourth-order valence-corrected chi connectivity index (χ4v) is 4.26. The summed E-state index contributed by atoms with van der Waals surface area (Å²) in [6.45, 7) is 4.63. The Morgan fingerprint density at radius 3 is 2.70 bits per heavy atom. The third-order valence-electron chi connectivity index (χ3n) is 5.68. The molecular formula is C22H27N3O2. The van der Waals surface area contributed by atoms with Gasteiger partial charge in [-0.2, -0.15) is 0 Å². The molecule has 2 aliphatic rings. The van der Waals surface area contributed by atoms with Crippen LogP contribution < -0.4 is 15.6 Å². The summed E-state index contributed by atoms with van der Waals surface area (Å²) in [5, 5.41) is 0. The van der Waals surface area contributed by atoms with E-state index < -0.39 is 0 Å². The SMILES string of the molecule is COc1cc(C(=O)N2CCCC2c2cccc(C)c2)ccc1C1CNNC1. The van der Waals surface area contributed by atoms with Gasteiger partial charge in [-0.15, -0.1) is 0 Å². The lowest BCUT2D eigenvalue weighted by Gasteiger charge is -2.26. The highest BCUT2D eigenvalue weighted by atomic mass is 16.5. The maximum atomic E-state index is 13.3. The number of hydrazine groups is 1. The monoisotopic (exact) mass is 365 g/mol. The van der Waals surface area contributed by atoms with E-state index in [9.17, 15) is 4.79 Å². The Morgan fingerprint density at radius 2 is 1.96 bits per heavy atom. The van der Waals surface area contributed by atoms with Gasteiger partial charge in [0.25, 0.3) is 5.91 Å². The molecule has 5 heteroatoms. The van der Waals surface area contributed by atoms with Gasteiger partial charge in [-0.05, 0) is 43.0 Å². The average molecular weight is 365 g/mol. The highest BCUT2D eigenvalue weighted by Gasteiger charge is 2.31. The van der Waals surface area contributed by atoms with Crippen LogP contribution in [0.4, 0.5) is 0 Å². The van der Waals surface area contributed by atoms with Gasteiger partial charge < -0.3 is 9.64 Å². The Bertz CT molecular complexity index is 830. The summed E-state index contributed by atoms with van der Waals surface area (Å²) in [4.78, 5) is 15.3. The number of rotatable bonds is 4. The predicted molar refractivity (Wildman–Crippen MR) is 106 cm³/mol. The molecule has 5 nitrogen and oxygen atoms in total. The topological polar surface area (TPSA) is 53.6 Å². The molecule has 2 N–H and O–H groups in total. The van der Waals surface area contributed by atoms with Crippen molar-refractivity contribution in [2.75, 3.05) is 26.7 Å². The zero-order valence-electron chi connectivity index (χ0n) is 16.0. The molecule has 2 heterocycles. The van der Waals surface area contributed by atoms with Gasteiger partial charge in [0.05, 0.1) is 13.2 Å². The molecule has 2 aromatic rings. The average Bonchev–Trinajstić information content (AvgIpc) is 3.39. The second-order valence-electron chi connectivity index (χ2n) is 7.49. The number of hydrogen-bond acceptors (Lipinski definition) is 4. The molecule has 27 heavy (non-hydrogen) atoms. The van der Waals surface area contributed by atoms with Crippen LogP contribution in [-0.4, -0.2) is 37.6 Å². The maximum absolute atomic E-state index is 13.3. The number of methoxy groups -OCH3 is 1. The van der Waals surface area contributed by atoms with E-state index in [0.717, 1.165) is 43.8 Å². The third-order valence-corrected chi connectivity index (χ3v) is 5.68. The molecule has 2 aromatic carbocycles. The fraction of sp³-hybridized carbons (Fsp3) is 0.409. The van der Waals surface area contributed by atoms with Crippen LogP contribution in [0, 0.1) is 6.92 Å². The van der Waals surface area contributed by atoms with Crippen LogP contribution in [0.5, 0.6) is 5.75 Å². The first-order chi connectivity index (χ1) is 13.2. The van der Waals surface area contributed by atoms with Crippen molar-refractivity contribution in [1.29, 1.82) is 0 Å². The second kappa shape index (κ2) is 7.71. The van der Waals surface area contributed by atoms with Crippen LogP contribution in [0.3, 0.4) is 0 Å². The zero-order chi connectivity index (χ0) is 18.8. The van der Waals surface area contributed by atoms with Crippen molar-refractivity contribution in [3.05, 3.63) is 64.7 Å². The van der Waals surface area contributed by atoms with E-state index in [0.29, 0.717) is 11.5 Å². The molecule has 142 valence electrons. The fourth-order valence-electron chi connectivity index (χ4n) is 4.26. The lowest BCUT2D eigenvalue weighted by molar-refractivity contribution is 0.0735. The number of ether oxygens (including phenoxy) is 1. The summed E-state index contributed by atoms with van der Waals surface area (Å²) < 4.78 is 5.61. The first-order valence-electron chi connectivity index (χ1n) is 9.68. The van der Waals surface area contributed by atoms with Crippen LogP contribution in [0.1, 0.15) is 51.8 Å². The Kier molecular flexibility index (Phi) is 5.14. The van der Waals surface area contributed by atoms with E-state index in [1.165, 1.54) is 11.1 Å². The Morgan fingerprint density at radius 1 is 1.15 bits per heavy atom. The molecule has 2 fully saturated rings. The summed E-state index contributed by atoms with van der Waals surface area (Å²) in [5.74, 6) is 1.24. The molecule has 0 aliphatic carbocycles. The molecule has 2 aliphatic heterocycles. The highest BCUT2D eigenvalue weighted by molar-refractivity contribution is 5.95. The van der Waals surface area contributed by atoms with Crippen LogP contribution in [0.2, 0.25) is 0 Å². The maximum Gasteiger partial charge on any atom is 0.254 e. The number of nitrogens with one attached hydrogen (secondary N) is 2. The van der Waals surface area contributed by atoms with E-state index in [4.69, 9.17) is 4.74 Å². The van der Waals surface area contributed by atoms with Crippen molar-refractivity contribution in [2.24, 2.45) is 0 Å². The van der Waals surface area contributed by atoms with E-state index >= 15 is 0 Å². The minimum Gasteiger partial charge on any atom is -0.496 e. The van der Waals surface area contributed by atoms with E-state index in [-0.39, 0.29) is 11.9 Å². The van der Waals surface area contributed by atoms with Gasteiger partial charge in [-0.1, -0.05) is 35.9 Å². The number of carbonyl (C=O) groups excluding carboxylic acids is 1. The molecular weight excluding hydrogens is 338 g/mol. The van der Waals surface area contributed by atoms with Gasteiger partial charge in [0.1, 0.15) is 5.75 Å². The van der Waals surface area contributed by atoms with Crippen molar-refractivity contribution in [3.63, 3.8) is 0 Å². The normalized spacial score (nSPS) is 20.2. The molecule has 1 amide bonds. The summed E-state index contributed by atoms with van der Waals surface area (Å²) in [7, 11) is 1.67. The van der Waals surface area contributed by atoms with Gasteiger partial charge in [0.15, 0.2) is 0 Å². The lowest BCUT2D eigenvalue weighted by Crippen LogP contribution is -2.30. The molecule has 1 unspecified atom stereocenters. The molecule has 0 aromatic heterocycles. The summed E-state index contributed by atoms with van der Waals surface area (Å²) >= 11 is 0. The van der Waals surface area contributed by atoms with Gasteiger partial charge in [0.2, 0.25) is 0 Å². The molecule has 1 atom stereocenters. The van der Waals surface area contributed by atoms with Crippen molar-refractivity contribution in [3.8, 4) is 5.75 Å². The number of benzene rings is 2. The van der Waals surface area contributed by atoms with Gasteiger partial charge in [-0.25, -0.2) is 0 Å². The van der Waals surface area contributed by atoms with Crippen LogP contribution in [-0.2, 0) is 0 Å². The Hall–Kier alpha value is -2.37. The number of carbonyl (C=O) groups is 1. The number of hydrogen-bond donors (Lipinski definition) is 2. The Labute approximate surface area is 160 Å². The zero-order valence-corrected chi connectivity index (χ0v) is 16.0. The third kappa shape index (κ3) is 3.57. The molecule has 0 saturated carbocycles. The lowest BCUT2D eigenvalue weighted by atomic mass is 9.97. The molecule has 0 bridgehead atoms. The van der Waals surface area contributed by atoms with Crippen molar-refractivity contribution < 1.29 is 9.53 Å². The largest absolute Gasteiger partial charge is 0.496 e. The van der Waals surface area contributed by atoms with Crippen molar-refractivity contribution in [1.82, 2.24) is 15.8 Å². The van der Waals surface area contributed by atoms with E-state index in [1.54, 1.807) is 7.11 Å². The highest BCUT2D eigenvalue weighted by Crippen LogP contribution is 2.35. The quantitative estimate of drug-likeness (QED) is 0.874. The van der Waals surface area contributed by atoms with Crippen LogP contribution in [0.25, 0.3) is 0 Å². The second-order valence-corrected chi connectivity index (χ2v) is 7.49. The van der Waals surface area contributed by atoms with Crippen LogP contribution in [0.15, 0.2) is 42.5 Å². The van der Waals surface area contributed by atoms with Gasteiger partial charge in [0, 0.05) is 31.1 Å². The van der Waals surface area contributed by atoms with Gasteiger partial charge in [-0.3, -0.25) is 15.6 Å². The van der Waals surface area contributed by atoms with Crippen molar-refractivity contribution in [2.45, 2.75) is 31.7 Å². The molecule has 0 spiro atoms. The number of aryl methyl sites for hydroxylation is 1. The number of likely N-dealkylation sites (tertiary alicyclic amines) is 1. The number of amides is 1. The molecule has 0 radical (unpaired) electrons. The standard InChI is InChI=1S/C22H27N3O2/c1-15-5-3-6-16(11-15)20-7-4-10-25(20)22(26)17-8-9-19(21(12-17)27-2)18-13-23-24-14-18/h3,5-6,8-9,11-12,18,20,23-24H,4,7,10,13-14H2,1-2H3.